The van der Waals surface area contributed by atoms with Gasteiger partial charge in [-0.25, -0.2) is 4.39 Å². The van der Waals surface area contributed by atoms with Crippen LogP contribution in [-0.2, 0) is 4.79 Å². The molecule has 1 aliphatic rings. The highest BCUT2D eigenvalue weighted by molar-refractivity contribution is 5.77. The van der Waals surface area contributed by atoms with Crippen LogP contribution in [0.1, 0.15) is 37.2 Å². The van der Waals surface area contributed by atoms with E-state index in [-0.39, 0.29) is 5.92 Å². The largest absolute Gasteiger partial charge is 0.496 e. The summed E-state index contributed by atoms with van der Waals surface area (Å²) in [5.41, 5.74) is 0.455. The van der Waals surface area contributed by atoms with Crippen molar-refractivity contribution in [1.82, 2.24) is 0 Å². The maximum atomic E-state index is 13.3. The van der Waals surface area contributed by atoms with Gasteiger partial charge in [-0.3, -0.25) is 4.79 Å². The van der Waals surface area contributed by atoms with Gasteiger partial charge in [-0.05, 0) is 37.0 Å². The zero-order valence-electron chi connectivity index (χ0n) is 10.4. The first kappa shape index (κ1) is 12.9. The topological polar surface area (TPSA) is 46.5 Å². The van der Waals surface area contributed by atoms with Gasteiger partial charge in [0.2, 0.25) is 0 Å². The zero-order valence-corrected chi connectivity index (χ0v) is 10.4. The molecule has 1 aliphatic carbocycles. The van der Waals surface area contributed by atoms with E-state index in [1.54, 1.807) is 0 Å². The van der Waals surface area contributed by atoms with Crippen molar-refractivity contribution in [3.8, 4) is 5.75 Å². The zero-order chi connectivity index (χ0) is 13.1. The van der Waals surface area contributed by atoms with Crippen molar-refractivity contribution >= 4 is 5.97 Å². The van der Waals surface area contributed by atoms with Crippen LogP contribution in [-0.4, -0.2) is 18.2 Å². The summed E-state index contributed by atoms with van der Waals surface area (Å²) in [5, 5.41) is 9.42. The molecule has 0 bridgehead atoms. The summed E-state index contributed by atoms with van der Waals surface area (Å²) in [4.78, 5) is 11.5. The molecular weight excluding hydrogens is 235 g/mol. The molecule has 98 valence electrons. The molecule has 18 heavy (non-hydrogen) atoms. The highest BCUT2D eigenvalue weighted by Crippen LogP contribution is 2.40. The molecule has 1 aromatic rings. The minimum Gasteiger partial charge on any atom is -0.496 e. The van der Waals surface area contributed by atoms with Crippen molar-refractivity contribution < 1.29 is 19.0 Å². The molecule has 0 heterocycles. The summed E-state index contributed by atoms with van der Waals surface area (Å²) in [7, 11) is 1.48. The Labute approximate surface area is 106 Å². The van der Waals surface area contributed by atoms with E-state index in [0.29, 0.717) is 11.3 Å². The SMILES string of the molecule is COc1ccc(F)cc1C(C(=O)O)C1CCCC1. The van der Waals surface area contributed by atoms with Crippen LogP contribution in [0.25, 0.3) is 0 Å². The maximum Gasteiger partial charge on any atom is 0.311 e. The van der Waals surface area contributed by atoms with E-state index < -0.39 is 17.7 Å². The minimum atomic E-state index is -0.897. The van der Waals surface area contributed by atoms with Crippen LogP contribution < -0.4 is 4.74 Å². The monoisotopic (exact) mass is 252 g/mol. The van der Waals surface area contributed by atoms with Crippen LogP contribution >= 0.6 is 0 Å². The number of carboxylic acid groups (broad SMARTS) is 1. The Morgan fingerprint density at radius 1 is 1.44 bits per heavy atom. The molecule has 2 rings (SSSR count). The van der Waals surface area contributed by atoms with Crippen molar-refractivity contribution in [2.45, 2.75) is 31.6 Å². The van der Waals surface area contributed by atoms with Gasteiger partial charge in [0.1, 0.15) is 11.6 Å². The number of carbonyl (C=O) groups is 1. The normalized spacial score (nSPS) is 17.7. The van der Waals surface area contributed by atoms with E-state index in [9.17, 15) is 14.3 Å². The summed E-state index contributed by atoms with van der Waals surface area (Å²) in [6, 6.07) is 4.07. The fourth-order valence-corrected chi connectivity index (χ4v) is 2.83. The summed E-state index contributed by atoms with van der Waals surface area (Å²) in [6.45, 7) is 0. The summed E-state index contributed by atoms with van der Waals surface area (Å²) in [5.74, 6) is -1.45. The predicted molar refractivity (Wildman–Crippen MR) is 65.3 cm³/mol. The minimum absolute atomic E-state index is 0.0817. The van der Waals surface area contributed by atoms with Crippen LogP contribution in [0.2, 0.25) is 0 Å². The van der Waals surface area contributed by atoms with Crippen molar-refractivity contribution in [1.29, 1.82) is 0 Å². The fraction of sp³-hybridized carbons (Fsp3) is 0.500. The van der Waals surface area contributed by atoms with E-state index in [1.807, 2.05) is 0 Å². The summed E-state index contributed by atoms with van der Waals surface area (Å²) < 4.78 is 18.5. The lowest BCUT2D eigenvalue weighted by atomic mass is 9.84. The van der Waals surface area contributed by atoms with Crippen LogP contribution in [0.4, 0.5) is 4.39 Å². The lowest BCUT2D eigenvalue weighted by molar-refractivity contribution is -0.140. The first-order valence-electron chi connectivity index (χ1n) is 6.19. The number of hydrogen-bond acceptors (Lipinski definition) is 2. The first-order valence-corrected chi connectivity index (χ1v) is 6.19. The van der Waals surface area contributed by atoms with Crippen molar-refractivity contribution in [2.24, 2.45) is 5.92 Å². The van der Waals surface area contributed by atoms with E-state index in [2.05, 4.69) is 0 Å². The number of methoxy groups -OCH3 is 1. The van der Waals surface area contributed by atoms with Gasteiger partial charge in [0.15, 0.2) is 0 Å². The second-order valence-electron chi connectivity index (χ2n) is 4.75. The van der Waals surface area contributed by atoms with Crippen molar-refractivity contribution in [3.05, 3.63) is 29.6 Å². The molecule has 0 aliphatic heterocycles. The number of hydrogen-bond donors (Lipinski definition) is 1. The van der Waals surface area contributed by atoms with Gasteiger partial charge in [-0.15, -0.1) is 0 Å². The molecule has 1 unspecified atom stereocenters. The van der Waals surface area contributed by atoms with Gasteiger partial charge in [-0.1, -0.05) is 12.8 Å². The molecule has 0 radical (unpaired) electrons. The summed E-state index contributed by atoms with van der Waals surface area (Å²) >= 11 is 0. The van der Waals surface area contributed by atoms with Crippen LogP contribution in [0, 0.1) is 11.7 Å². The molecule has 1 aromatic carbocycles. The lowest BCUT2D eigenvalue weighted by Gasteiger charge is -2.21. The third kappa shape index (κ3) is 2.47. The second-order valence-corrected chi connectivity index (χ2v) is 4.75. The number of carboxylic acids is 1. The Hall–Kier alpha value is -1.58. The molecule has 0 spiro atoms. The first-order chi connectivity index (χ1) is 8.63. The molecule has 4 heteroatoms. The molecule has 0 amide bonds. The molecule has 0 saturated heterocycles. The highest BCUT2D eigenvalue weighted by atomic mass is 19.1. The Bertz CT molecular complexity index is 439. The molecular formula is C14H17FO3. The molecule has 1 fully saturated rings. The van der Waals surface area contributed by atoms with Gasteiger partial charge < -0.3 is 9.84 Å². The van der Waals surface area contributed by atoms with Crippen LogP contribution in [0.15, 0.2) is 18.2 Å². The van der Waals surface area contributed by atoms with E-state index >= 15 is 0 Å². The average Bonchev–Trinajstić information content (AvgIpc) is 2.83. The van der Waals surface area contributed by atoms with Gasteiger partial charge in [0.05, 0.1) is 13.0 Å². The molecule has 3 nitrogen and oxygen atoms in total. The Morgan fingerprint density at radius 3 is 2.67 bits per heavy atom. The third-order valence-corrected chi connectivity index (χ3v) is 3.66. The second kappa shape index (κ2) is 5.38. The van der Waals surface area contributed by atoms with Crippen LogP contribution in [0.3, 0.4) is 0 Å². The van der Waals surface area contributed by atoms with Crippen molar-refractivity contribution in [3.63, 3.8) is 0 Å². The van der Waals surface area contributed by atoms with Gasteiger partial charge >= 0.3 is 5.97 Å². The highest BCUT2D eigenvalue weighted by Gasteiger charge is 2.34. The fourth-order valence-electron chi connectivity index (χ4n) is 2.83. The maximum absolute atomic E-state index is 13.3. The third-order valence-electron chi connectivity index (χ3n) is 3.66. The summed E-state index contributed by atoms with van der Waals surface area (Å²) in [6.07, 6.45) is 3.87. The number of rotatable bonds is 4. The number of aliphatic carboxylic acids is 1. The number of benzene rings is 1. The molecule has 1 atom stereocenters. The Balaban J connectivity index is 2.40. The standard InChI is InChI=1S/C14H17FO3/c1-18-12-7-6-10(15)8-11(12)13(14(16)17)9-4-2-3-5-9/h6-9,13H,2-5H2,1H3,(H,16,17). The van der Waals surface area contributed by atoms with Crippen LogP contribution in [0.5, 0.6) is 5.75 Å². The molecule has 1 saturated carbocycles. The van der Waals surface area contributed by atoms with Gasteiger partial charge in [0, 0.05) is 5.56 Å². The van der Waals surface area contributed by atoms with E-state index in [4.69, 9.17) is 4.74 Å². The quantitative estimate of drug-likeness (QED) is 0.895. The van der Waals surface area contributed by atoms with E-state index in [0.717, 1.165) is 25.7 Å². The number of ether oxygens (including phenoxy) is 1. The molecule has 1 N–H and O–H groups in total. The number of halogens is 1. The van der Waals surface area contributed by atoms with Crippen molar-refractivity contribution in [2.75, 3.05) is 7.11 Å². The van der Waals surface area contributed by atoms with Gasteiger partial charge in [0.25, 0.3) is 0 Å². The lowest BCUT2D eigenvalue weighted by Crippen LogP contribution is -2.20. The Kier molecular flexibility index (Phi) is 3.84. The average molecular weight is 252 g/mol. The molecule has 0 aromatic heterocycles. The predicted octanol–water partition coefficient (Wildman–Crippen LogP) is 3.19. The van der Waals surface area contributed by atoms with Gasteiger partial charge in [-0.2, -0.15) is 0 Å². The Morgan fingerprint density at radius 2 is 2.11 bits per heavy atom. The van der Waals surface area contributed by atoms with E-state index in [1.165, 1.54) is 25.3 Å². The smallest absolute Gasteiger partial charge is 0.311 e.